The number of nitrogens with zero attached hydrogens (tertiary/aromatic N) is 2. The third-order valence-electron chi connectivity index (χ3n) is 4.58. The monoisotopic (exact) mass is 415 g/mol. The van der Waals surface area contributed by atoms with E-state index in [1.807, 2.05) is 0 Å². The Labute approximate surface area is 169 Å². The number of carbonyl (C=O) groups excluding carboxylic acids is 1. The predicted molar refractivity (Wildman–Crippen MR) is 110 cm³/mol. The summed E-state index contributed by atoms with van der Waals surface area (Å²) in [5.74, 6) is -0.428. The van der Waals surface area contributed by atoms with Gasteiger partial charge in [0.15, 0.2) is 0 Å². The standard InChI is InChI=1S/C20H21N3O5S/c24-20(12-7-16-5-4-6-18(15-16)23(25)26)21-17-8-10-19(11-9-17)29(27,28)22-13-2-1-3-14-22/h4-12,15H,1-3,13-14H2,(H,21,24)/b12-7+. The van der Waals surface area contributed by atoms with Crippen LogP contribution in [-0.2, 0) is 14.8 Å². The summed E-state index contributed by atoms with van der Waals surface area (Å²) >= 11 is 0. The van der Waals surface area contributed by atoms with Gasteiger partial charge in [0, 0.05) is 37.0 Å². The van der Waals surface area contributed by atoms with Crippen molar-refractivity contribution >= 4 is 33.4 Å². The first kappa shape index (κ1) is 20.7. The van der Waals surface area contributed by atoms with Crippen molar-refractivity contribution in [3.05, 3.63) is 70.3 Å². The molecule has 0 atom stereocenters. The van der Waals surface area contributed by atoms with Crippen LogP contribution in [0.3, 0.4) is 0 Å². The number of rotatable bonds is 6. The molecule has 0 radical (unpaired) electrons. The highest BCUT2D eigenvalue weighted by molar-refractivity contribution is 7.89. The van der Waals surface area contributed by atoms with Crippen LogP contribution in [0, 0.1) is 10.1 Å². The van der Waals surface area contributed by atoms with Crippen LogP contribution in [0.4, 0.5) is 11.4 Å². The van der Waals surface area contributed by atoms with Crippen molar-refractivity contribution < 1.29 is 18.1 Å². The van der Waals surface area contributed by atoms with Crippen molar-refractivity contribution in [1.82, 2.24) is 4.31 Å². The van der Waals surface area contributed by atoms with Crippen LogP contribution in [-0.4, -0.2) is 36.6 Å². The van der Waals surface area contributed by atoms with Crippen LogP contribution in [0.15, 0.2) is 59.5 Å². The maximum atomic E-state index is 12.6. The molecule has 0 spiro atoms. The molecule has 1 aliphatic heterocycles. The molecule has 3 rings (SSSR count). The van der Waals surface area contributed by atoms with Crippen LogP contribution in [0.5, 0.6) is 0 Å². The molecule has 1 heterocycles. The summed E-state index contributed by atoms with van der Waals surface area (Å²) in [5, 5.41) is 13.4. The molecule has 0 aromatic heterocycles. The van der Waals surface area contributed by atoms with E-state index in [4.69, 9.17) is 0 Å². The van der Waals surface area contributed by atoms with Gasteiger partial charge in [-0.1, -0.05) is 18.6 Å². The van der Waals surface area contributed by atoms with E-state index in [1.165, 1.54) is 58.9 Å². The van der Waals surface area contributed by atoms with Crippen LogP contribution in [0.25, 0.3) is 6.08 Å². The molecular formula is C20H21N3O5S. The van der Waals surface area contributed by atoms with Gasteiger partial charge in [-0.05, 0) is 48.7 Å². The number of non-ortho nitro benzene ring substituents is 1. The van der Waals surface area contributed by atoms with Crippen molar-refractivity contribution in [1.29, 1.82) is 0 Å². The number of hydrogen-bond acceptors (Lipinski definition) is 5. The van der Waals surface area contributed by atoms with Crippen molar-refractivity contribution in [3.8, 4) is 0 Å². The van der Waals surface area contributed by atoms with E-state index in [9.17, 15) is 23.3 Å². The molecule has 0 bridgehead atoms. The Kier molecular flexibility index (Phi) is 6.40. The zero-order valence-electron chi connectivity index (χ0n) is 15.7. The third-order valence-corrected chi connectivity index (χ3v) is 6.50. The summed E-state index contributed by atoms with van der Waals surface area (Å²) in [4.78, 5) is 22.6. The Hall–Kier alpha value is -3.04. The number of amides is 1. The van der Waals surface area contributed by atoms with E-state index in [1.54, 1.807) is 6.07 Å². The smallest absolute Gasteiger partial charge is 0.270 e. The molecule has 1 fully saturated rings. The number of nitro benzene ring substituents is 1. The molecule has 1 amide bonds. The van der Waals surface area contributed by atoms with E-state index in [-0.39, 0.29) is 10.6 Å². The molecule has 1 N–H and O–H groups in total. The Morgan fingerprint density at radius 2 is 1.76 bits per heavy atom. The van der Waals surface area contributed by atoms with Crippen molar-refractivity contribution in [2.24, 2.45) is 0 Å². The fraction of sp³-hybridized carbons (Fsp3) is 0.250. The van der Waals surface area contributed by atoms with Gasteiger partial charge in [0.25, 0.3) is 5.69 Å². The second-order valence-corrected chi connectivity index (χ2v) is 8.60. The lowest BCUT2D eigenvalue weighted by Gasteiger charge is -2.25. The predicted octanol–water partition coefficient (Wildman–Crippen LogP) is 3.42. The topological polar surface area (TPSA) is 110 Å². The number of nitrogens with one attached hydrogen (secondary N) is 1. The van der Waals surface area contributed by atoms with Gasteiger partial charge in [0.2, 0.25) is 15.9 Å². The third kappa shape index (κ3) is 5.27. The lowest BCUT2D eigenvalue weighted by Crippen LogP contribution is -2.35. The fourth-order valence-corrected chi connectivity index (χ4v) is 4.58. The number of anilines is 1. The van der Waals surface area contributed by atoms with Crippen molar-refractivity contribution in [2.75, 3.05) is 18.4 Å². The average molecular weight is 415 g/mol. The molecule has 0 unspecified atom stereocenters. The summed E-state index contributed by atoms with van der Waals surface area (Å²) in [6, 6.07) is 12.0. The maximum Gasteiger partial charge on any atom is 0.270 e. The molecular weight excluding hydrogens is 394 g/mol. The number of piperidine rings is 1. The molecule has 2 aromatic carbocycles. The summed E-state index contributed by atoms with van der Waals surface area (Å²) in [6.45, 7) is 1.06. The van der Waals surface area contributed by atoms with Gasteiger partial charge in [-0.25, -0.2) is 8.42 Å². The molecule has 0 aliphatic carbocycles. The molecule has 29 heavy (non-hydrogen) atoms. The van der Waals surface area contributed by atoms with E-state index in [2.05, 4.69) is 5.32 Å². The Morgan fingerprint density at radius 1 is 1.07 bits per heavy atom. The number of sulfonamides is 1. The number of nitro groups is 1. The highest BCUT2D eigenvalue weighted by atomic mass is 32.2. The zero-order valence-corrected chi connectivity index (χ0v) is 16.5. The van der Waals surface area contributed by atoms with Gasteiger partial charge in [-0.15, -0.1) is 0 Å². The molecule has 2 aromatic rings. The molecule has 1 saturated heterocycles. The highest BCUT2D eigenvalue weighted by Crippen LogP contribution is 2.22. The fourth-order valence-electron chi connectivity index (χ4n) is 3.06. The molecule has 152 valence electrons. The van der Waals surface area contributed by atoms with Gasteiger partial charge in [-0.3, -0.25) is 14.9 Å². The number of benzene rings is 2. The van der Waals surface area contributed by atoms with Gasteiger partial charge in [-0.2, -0.15) is 4.31 Å². The Balaban J connectivity index is 1.64. The quantitative estimate of drug-likeness (QED) is 0.442. The molecule has 0 saturated carbocycles. The minimum Gasteiger partial charge on any atom is -0.323 e. The lowest BCUT2D eigenvalue weighted by atomic mass is 10.2. The van der Waals surface area contributed by atoms with Gasteiger partial charge in [0.05, 0.1) is 9.82 Å². The van der Waals surface area contributed by atoms with Crippen molar-refractivity contribution in [3.63, 3.8) is 0 Å². The molecule has 9 heteroatoms. The van der Waals surface area contributed by atoms with E-state index in [0.29, 0.717) is 24.3 Å². The zero-order chi connectivity index (χ0) is 20.9. The first-order valence-electron chi connectivity index (χ1n) is 9.20. The SMILES string of the molecule is O=C(/C=C/c1cccc([N+](=O)[O-])c1)Nc1ccc(S(=O)(=O)N2CCCCC2)cc1. The summed E-state index contributed by atoms with van der Waals surface area (Å²) in [5.41, 5.74) is 0.923. The maximum absolute atomic E-state index is 12.6. The van der Waals surface area contributed by atoms with E-state index in [0.717, 1.165) is 19.3 Å². The van der Waals surface area contributed by atoms with Crippen molar-refractivity contribution in [2.45, 2.75) is 24.2 Å². The lowest BCUT2D eigenvalue weighted by molar-refractivity contribution is -0.384. The van der Waals surface area contributed by atoms with Crippen LogP contribution >= 0.6 is 0 Å². The highest BCUT2D eigenvalue weighted by Gasteiger charge is 2.25. The number of carbonyl (C=O) groups is 1. The molecule has 8 nitrogen and oxygen atoms in total. The first-order valence-corrected chi connectivity index (χ1v) is 10.6. The first-order chi connectivity index (χ1) is 13.9. The largest absolute Gasteiger partial charge is 0.323 e. The molecule has 1 aliphatic rings. The van der Waals surface area contributed by atoms with E-state index >= 15 is 0 Å². The Bertz CT molecular complexity index is 1030. The minimum absolute atomic E-state index is 0.0574. The van der Waals surface area contributed by atoms with Gasteiger partial charge >= 0.3 is 0 Å². The number of hydrogen-bond donors (Lipinski definition) is 1. The normalized spacial score (nSPS) is 15.3. The second kappa shape index (κ2) is 8.97. The van der Waals surface area contributed by atoms with E-state index < -0.39 is 20.9 Å². The van der Waals surface area contributed by atoms with Crippen LogP contribution in [0.1, 0.15) is 24.8 Å². The summed E-state index contributed by atoms with van der Waals surface area (Å²) < 4.78 is 26.8. The summed E-state index contributed by atoms with van der Waals surface area (Å²) in [6.07, 6.45) is 5.50. The van der Waals surface area contributed by atoms with Gasteiger partial charge in [0.1, 0.15) is 0 Å². The second-order valence-electron chi connectivity index (χ2n) is 6.66. The van der Waals surface area contributed by atoms with Crippen LogP contribution < -0.4 is 5.32 Å². The average Bonchev–Trinajstić information content (AvgIpc) is 2.73. The summed E-state index contributed by atoms with van der Waals surface area (Å²) in [7, 11) is -3.51. The van der Waals surface area contributed by atoms with Crippen LogP contribution in [0.2, 0.25) is 0 Å². The minimum atomic E-state index is -3.51. The van der Waals surface area contributed by atoms with Gasteiger partial charge < -0.3 is 5.32 Å². The Morgan fingerprint density at radius 3 is 2.41 bits per heavy atom.